The van der Waals surface area contributed by atoms with E-state index in [2.05, 4.69) is 39.4 Å². The van der Waals surface area contributed by atoms with Crippen LogP contribution in [0.5, 0.6) is 0 Å². The number of carboxylic acid groups (broad SMARTS) is 1. The summed E-state index contributed by atoms with van der Waals surface area (Å²) in [7, 11) is 0. The van der Waals surface area contributed by atoms with E-state index >= 15 is 0 Å². The number of carbonyl (C=O) groups excluding carboxylic acids is 1. The minimum atomic E-state index is -0.617. The van der Waals surface area contributed by atoms with E-state index < -0.39 is 16.9 Å². The lowest BCUT2D eigenvalue weighted by atomic mass is 9.48. The Hall–Kier alpha value is -2.08. The number of hydrogen-bond acceptors (Lipinski definition) is 4. The minimum absolute atomic E-state index is 0.0995. The zero-order valence-electron chi connectivity index (χ0n) is 18.7. The van der Waals surface area contributed by atoms with Gasteiger partial charge in [0.15, 0.2) is 0 Å². The van der Waals surface area contributed by atoms with Crippen LogP contribution in [0.3, 0.4) is 0 Å². The van der Waals surface area contributed by atoms with Crippen molar-refractivity contribution in [3.05, 3.63) is 30.3 Å². The van der Waals surface area contributed by atoms with E-state index in [1.165, 1.54) is 5.69 Å². The van der Waals surface area contributed by atoms with Crippen LogP contribution in [0.15, 0.2) is 30.3 Å². The fourth-order valence-corrected chi connectivity index (χ4v) is 7.16. The number of aliphatic carboxylic acids is 1. The molecular weight excluding hydrogens is 390 g/mol. The normalized spacial score (nSPS) is 35.2. The molecule has 6 heteroatoms. The highest BCUT2D eigenvalue weighted by Gasteiger charge is 2.59. The van der Waals surface area contributed by atoms with E-state index in [4.69, 9.17) is 0 Å². The summed E-state index contributed by atoms with van der Waals surface area (Å²) in [6.45, 7) is 7.62. The summed E-state index contributed by atoms with van der Waals surface area (Å²) in [6.07, 6.45) is 4.46. The second-order valence-electron chi connectivity index (χ2n) is 10.9. The Bertz CT molecular complexity index is 831. The molecule has 2 atom stereocenters. The lowest BCUT2D eigenvalue weighted by Crippen LogP contribution is -2.66. The first-order valence-corrected chi connectivity index (χ1v) is 11.9. The summed E-state index contributed by atoms with van der Waals surface area (Å²) in [5.41, 5.74) is 0.147. The molecule has 1 aliphatic heterocycles. The van der Waals surface area contributed by atoms with Crippen molar-refractivity contribution in [3.63, 3.8) is 0 Å². The summed E-state index contributed by atoms with van der Waals surface area (Å²) < 4.78 is 0. The van der Waals surface area contributed by atoms with Crippen molar-refractivity contribution in [2.45, 2.75) is 57.5 Å². The Labute approximate surface area is 185 Å². The maximum absolute atomic E-state index is 13.4. The van der Waals surface area contributed by atoms with Crippen LogP contribution in [0.1, 0.15) is 46.0 Å². The molecule has 1 heterocycles. The molecular formula is C25H35N3O3. The monoisotopic (exact) mass is 425 g/mol. The summed E-state index contributed by atoms with van der Waals surface area (Å²) in [6, 6.07) is 10.6. The highest BCUT2D eigenvalue weighted by Crippen LogP contribution is 2.60. The molecule has 4 bridgehead atoms. The van der Waals surface area contributed by atoms with Crippen LogP contribution in [-0.4, -0.2) is 59.6 Å². The van der Waals surface area contributed by atoms with Crippen molar-refractivity contribution in [1.82, 2.24) is 10.2 Å². The zero-order valence-corrected chi connectivity index (χ0v) is 18.7. The fraction of sp³-hybridized carbons (Fsp3) is 0.680. The van der Waals surface area contributed by atoms with Crippen molar-refractivity contribution in [1.29, 1.82) is 0 Å². The average Bonchev–Trinajstić information content (AvgIpc) is 2.76. The molecule has 6 rings (SSSR count). The number of piperazine rings is 1. The molecule has 2 unspecified atom stereocenters. The lowest BCUT2D eigenvalue weighted by molar-refractivity contribution is -0.168. The van der Waals surface area contributed by atoms with Crippen LogP contribution in [0, 0.1) is 23.2 Å². The van der Waals surface area contributed by atoms with Crippen LogP contribution in [0.2, 0.25) is 0 Å². The Morgan fingerprint density at radius 2 is 1.61 bits per heavy atom. The standard InChI is InChI=1S/C25H35N3O3/c1-24(2,28-10-8-27(9-11-28)20-6-4-3-5-7-20)22(29)26-21-18-12-17-13-19(21)16-25(14-17,15-18)23(30)31/h3-7,17-19,21H,8-16H2,1-2H3,(H,26,29)(H,30,31). The second-order valence-corrected chi connectivity index (χ2v) is 10.9. The molecule has 5 fully saturated rings. The average molecular weight is 426 g/mol. The van der Waals surface area contributed by atoms with E-state index in [9.17, 15) is 14.7 Å². The molecule has 0 radical (unpaired) electrons. The number of amides is 1. The first kappa shape index (κ1) is 20.8. The number of rotatable bonds is 5. The Morgan fingerprint density at radius 1 is 1.00 bits per heavy atom. The Balaban J connectivity index is 1.22. The van der Waals surface area contributed by atoms with Gasteiger partial charge in [-0.15, -0.1) is 0 Å². The van der Waals surface area contributed by atoms with E-state index in [1.54, 1.807) is 0 Å². The smallest absolute Gasteiger partial charge is 0.309 e. The van der Waals surface area contributed by atoms with Crippen molar-refractivity contribution < 1.29 is 14.7 Å². The summed E-state index contributed by atoms with van der Waals surface area (Å²) in [5, 5.41) is 13.3. The number of anilines is 1. The van der Waals surface area contributed by atoms with Gasteiger partial charge in [-0.25, -0.2) is 0 Å². The third-order valence-corrected chi connectivity index (χ3v) is 8.77. The molecule has 4 saturated carbocycles. The van der Waals surface area contributed by atoms with E-state index in [0.29, 0.717) is 17.8 Å². The first-order valence-electron chi connectivity index (χ1n) is 11.9. The third kappa shape index (κ3) is 3.53. The van der Waals surface area contributed by atoms with Gasteiger partial charge in [0.05, 0.1) is 11.0 Å². The molecule has 168 valence electrons. The summed E-state index contributed by atoms with van der Waals surface area (Å²) >= 11 is 0. The number of nitrogens with zero attached hydrogens (tertiary/aromatic N) is 2. The number of benzene rings is 1. The highest BCUT2D eigenvalue weighted by molar-refractivity contribution is 5.86. The zero-order chi connectivity index (χ0) is 21.8. The van der Waals surface area contributed by atoms with Gasteiger partial charge in [0.2, 0.25) is 5.91 Å². The van der Waals surface area contributed by atoms with Gasteiger partial charge >= 0.3 is 5.97 Å². The Morgan fingerprint density at radius 3 is 2.19 bits per heavy atom. The quantitative estimate of drug-likeness (QED) is 0.759. The van der Waals surface area contributed by atoms with Crippen molar-refractivity contribution in [2.24, 2.45) is 23.2 Å². The highest BCUT2D eigenvalue weighted by atomic mass is 16.4. The van der Waals surface area contributed by atoms with Gasteiger partial charge in [-0.3, -0.25) is 14.5 Å². The molecule has 1 amide bonds. The molecule has 0 aromatic heterocycles. The fourth-order valence-electron chi connectivity index (χ4n) is 7.16. The lowest BCUT2D eigenvalue weighted by Gasteiger charge is -2.58. The van der Waals surface area contributed by atoms with Crippen LogP contribution in [0.25, 0.3) is 0 Å². The molecule has 1 aromatic carbocycles. The SMILES string of the molecule is CC(C)(C(=O)NC1C2CC3CC1CC(C(=O)O)(C3)C2)N1CCN(c2ccccc2)CC1. The second kappa shape index (κ2) is 7.51. The largest absolute Gasteiger partial charge is 0.481 e. The number of para-hydroxylation sites is 1. The number of hydrogen-bond donors (Lipinski definition) is 2. The van der Waals surface area contributed by atoms with Gasteiger partial charge in [-0.2, -0.15) is 0 Å². The predicted molar refractivity (Wildman–Crippen MR) is 120 cm³/mol. The van der Waals surface area contributed by atoms with Crippen molar-refractivity contribution in [3.8, 4) is 0 Å². The maximum Gasteiger partial charge on any atom is 0.309 e. The van der Waals surface area contributed by atoms with Crippen LogP contribution in [0.4, 0.5) is 5.69 Å². The van der Waals surface area contributed by atoms with Crippen LogP contribution < -0.4 is 10.2 Å². The summed E-state index contributed by atoms with van der Waals surface area (Å²) in [5.74, 6) is 0.644. The van der Waals surface area contributed by atoms with Crippen LogP contribution in [-0.2, 0) is 9.59 Å². The third-order valence-electron chi connectivity index (χ3n) is 8.77. The molecule has 4 aliphatic carbocycles. The molecule has 31 heavy (non-hydrogen) atoms. The number of carboxylic acids is 1. The predicted octanol–water partition coefficient (Wildman–Crippen LogP) is 2.98. The molecule has 1 aromatic rings. The molecule has 1 saturated heterocycles. The van der Waals surface area contributed by atoms with Gasteiger partial charge in [-0.05, 0) is 75.8 Å². The Kier molecular flexibility index (Phi) is 5.04. The number of nitrogens with one attached hydrogen (secondary N) is 1. The minimum Gasteiger partial charge on any atom is -0.481 e. The van der Waals surface area contributed by atoms with Gasteiger partial charge < -0.3 is 15.3 Å². The van der Waals surface area contributed by atoms with E-state index in [1.807, 2.05) is 19.9 Å². The van der Waals surface area contributed by atoms with Gasteiger partial charge in [0, 0.05) is 37.9 Å². The molecule has 2 N–H and O–H groups in total. The summed E-state index contributed by atoms with van der Waals surface area (Å²) in [4.78, 5) is 30.1. The van der Waals surface area contributed by atoms with E-state index in [-0.39, 0.29) is 11.9 Å². The van der Waals surface area contributed by atoms with Crippen molar-refractivity contribution >= 4 is 17.6 Å². The van der Waals surface area contributed by atoms with E-state index in [0.717, 1.165) is 58.3 Å². The molecule has 5 aliphatic rings. The molecule has 0 spiro atoms. The maximum atomic E-state index is 13.4. The van der Waals surface area contributed by atoms with Gasteiger partial charge in [0.25, 0.3) is 0 Å². The van der Waals surface area contributed by atoms with Gasteiger partial charge in [0.1, 0.15) is 0 Å². The topological polar surface area (TPSA) is 72.9 Å². The van der Waals surface area contributed by atoms with Crippen LogP contribution >= 0.6 is 0 Å². The first-order chi connectivity index (χ1) is 14.8. The van der Waals surface area contributed by atoms with Crippen molar-refractivity contribution in [2.75, 3.05) is 31.1 Å². The van der Waals surface area contributed by atoms with Gasteiger partial charge in [-0.1, -0.05) is 18.2 Å². The molecule has 6 nitrogen and oxygen atoms in total. The number of carbonyl (C=O) groups is 2.